The summed E-state index contributed by atoms with van der Waals surface area (Å²) in [4.78, 5) is 12.0. The molecule has 0 bridgehead atoms. The number of carbonyl (C=O) groups excluding carboxylic acids is 1. The fourth-order valence-corrected chi connectivity index (χ4v) is 4.10. The molecule has 2 aliphatic heterocycles. The summed E-state index contributed by atoms with van der Waals surface area (Å²) in [5.74, 6) is -0.00772. The number of carbonyl (C=O) groups is 1. The summed E-state index contributed by atoms with van der Waals surface area (Å²) in [7, 11) is 0. The van der Waals surface area contributed by atoms with Gasteiger partial charge in [0.1, 0.15) is 36.1 Å². The fraction of sp³-hybridized carbons (Fsp3) is 0.938. The molecular formula is C16H26O8. The lowest BCUT2D eigenvalue weighted by atomic mass is 9.64. The third-order valence-electron chi connectivity index (χ3n) is 5.67. The van der Waals surface area contributed by atoms with Crippen molar-refractivity contribution < 1.29 is 39.4 Å². The summed E-state index contributed by atoms with van der Waals surface area (Å²) >= 11 is 0. The van der Waals surface area contributed by atoms with Crippen molar-refractivity contribution >= 4 is 5.78 Å². The molecule has 3 fully saturated rings. The molecule has 8 atom stereocenters. The van der Waals surface area contributed by atoms with Crippen molar-refractivity contribution in [1.82, 2.24) is 0 Å². The first-order valence-corrected chi connectivity index (χ1v) is 8.24. The zero-order valence-corrected chi connectivity index (χ0v) is 14.1. The van der Waals surface area contributed by atoms with Crippen molar-refractivity contribution in [1.29, 1.82) is 0 Å². The van der Waals surface area contributed by atoms with Crippen LogP contribution in [0.2, 0.25) is 0 Å². The van der Waals surface area contributed by atoms with Crippen LogP contribution in [0, 0.1) is 11.3 Å². The molecule has 0 spiro atoms. The van der Waals surface area contributed by atoms with Gasteiger partial charge in [0.05, 0.1) is 13.2 Å². The molecule has 3 rings (SSSR count). The molecule has 4 N–H and O–H groups in total. The van der Waals surface area contributed by atoms with Gasteiger partial charge in [-0.25, -0.2) is 0 Å². The molecule has 0 amide bonds. The highest BCUT2D eigenvalue weighted by Gasteiger charge is 2.68. The van der Waals surface area contributed by atoms with E-state index in [1.165, 1.54) is 0 Å². The third-order valence-corrected chi connectivity index (χ3v) is 5.67. The Kier molecular flexibility index (Phi) is 4.53. The maximum absolute atomic E-state index is 12.0. The summed E-state index contributed by atoms with van der Waals surface area (Å²) in [6.07, 6.45) is -6.52. The highest BCUT2D eigenvalue weighted by atomic mass is 16.7. The Morgan fingerprint density at radius 3 is 2.46 bits per heavy atom. The number of hydrogen-bond acceptors (Lipinski definition) is 8. The van der Waals surface area contributed by atoms with E-state index in [0.29, 0.717) is 6.42 Å². The Hall–Kier alpha value is -0.610. The summed E-state index contributed by atoms with van der Waals surface area (Å²) in [6, 6.07) is 0. The van der Waals surface area contributed by atoms with Gasteiger partial charge in [-0.15, -0.1) is 0 Å². The quantitative estimate of drug-likeness (QED) is 0.456. The van der Waals surface area contributed by atoms with E-state index in [0.717, 1.165) is 0 Å². The summed E-state index contributed by atoms with van der Waals surface area (Å²) in [6.45, 7) is 5.47. The first kappa shape index (κ1) is 18.2. The Balaban J connectivity index is 1.67. The van der Waals surface area contributed by atoms with E-state index in [9.17, 15) is 25.2 Å². The first-order chi connectivity index (χ1) is 11.1. The van der Waals surface area contributed by atoms with Gasteiger partial charge in [-0.05, 0) is 12.3 Å². The van der Waals surface area contributed by atoms with Gasteiger partial charge in [0.15, 0.2) is 12.1 Å². The van der Waals surface area contributed by atoms with Gasteiger partial charge in [0.25, 0.3) is 0 Å². The number of hydrogen-bond donors (Lipinski definition) is 4. The van der Waals surface area contributed by atoms with E-state index in [2.05, 4.69) is 0 Å². The van der Waals surface area contributed by atoms with Crippen molar-refractivity contribution in [2.75, 3.05) is 13.2 Å². The minimum atomic E-state index is -1.47. The molecular weight excluding hydrogens is 320 g/mol. The van der Waals surface area contributed by atoms with Crippen molar-refractivity contribution in [3.8, 4) is 0 Å². The Labute approximate surface area is 140 Å². The smallest absolute Gasteiger partial charge is 0.186 e. The van der Waals surface area contributed by atoms with E-state index in [4.69, 9.17) is 14.2 Å². The molecule has 1 aliphatic carbocycles. The highest BCUT2D eigenvalue weighted by molar-refractivity contribution is 5.89. The predicted octanol–water partition coefficient (Wildman–Crippen LogP) is -1.42. The molecule has 1 saturated carbocycles. The maximum Gasteiger partial charge on any atom is 0.186 e. The minimum absolute atomic E-state index is 0.0894. The number of aliphatic hydroxyl groups excluding tert-OH is 4. The van der Waals surface area contributed by atoms with Crippen LogP contribution >= 0.6 is 0 Å². The van der Waals surface area contributed by atoms with Crippen LogP contribution in [0.5, 0.6) is 0 Å². The Bertz CT molecular complexity index is 502. The second-order valence-electron chi connectivity index (χ2n) is 7.90. The Morgan fingerprint density at radius 1 is 1.17 bits per heavy atom. The van der Waals surface area contributed by atoms with Crippen molar-refractivity contribution in [3.63, 3.8) is 0 Å². The lowest BCUT2D eigenvalue weighted by molar-refractivity contribution is -0.305. The summed E-state index contributed by atoms with van der Waals surface area (Å²) in [5.41, 5.74) is -0.931. The summed E-state index contributed by atoms with van der Waals surface area (Å²) in [5, 5.41) is 38.8. The van der Waals surface area contributed by atoms with Crippen LogP contribution in [0.25, 0.3) is 0 Å². The van der Waals surface area contributed by atoms with Crippen molar-refractivity contribution in [2.45, 2.75) is 69.6 Å². The molecule has 0 aromatic rings. The van der Waals surface area contributed by atoms with Crippen LogP contribution in [0.1, 0.15) is 27.2 Å². The van der Waals surface area contributed by atoms with Crippen LogP contribution in [-0.2, 0) is 19.0 Å². The number of ether oxygens (including phenoxy) is 3. The van der Waals surface area contributed by atoms with E-state index in [-0.39, 0.29) is 23.7 Å². The van der Waals surface area contributed by atoms with Crippen LogP contribution < -0.4 is 0 Å². The number of rotatable bonds is 4. The zero-order valence-electron chi connectivity index (χ0n) is 14.1. The van der Waals surface area contributed by atoms with Crippen LogP contribution in [0.3, 0.4) is 0 Å². The number of ketones is 1. The topological polar surface area (TPSA) is 129 Å². The second-order valence-corrected chi connectivity index (χ2v) is 7.90. The standard InChI is InChI=1S/C16H26O8/c1-15(2)4-7(18)13-16(3,24-13)9(15)6-22-14-12(21)11(20)10(19)8(5-17)23-14/h8-14,17,19-21H,4-6H2,1-3H3/t8-,9-,10-,11+,12-,13+,14-,16-/m1/s1. The molecule has 0 unspecified atom stereocenters. The molecule has 8 heteroatoms. The van der Waals surface area contributed by atoms with Crippen molar-refractivity contribution in [2.24, 2.45) is 11.3 Å². The number of fused-ring (bicyclic) bond motifs is 1. The minimum Gasteiger partial charge on any atom is -0.394 e. The molecule has 2 heterocycles. The summed E-state index contributed by atoms with van der Waals surface area (Å²) < 4.78 is 16.6. The average Bonchev–Trinajstić information content (AvgIpc) is 3.19. The van der Waals surface area contributed by atoms with E-state index in [1.807, 2.05) is 20.8 Å². The molecule has 0 aromatic heterocycles. The zero-order chi connectivity index (χ0) is 17.9. The number of epoxide rings is 1. The highest BCUT2D eigenvalue weighted by Crippen LogP contribution is 2.56. The largest absolute Gasteiger partial charge is 0.394 e. The molecule has 3 aliphatic rings. The lowest BCUT2D eigenvalue weighted by Gasteiger charge is -2.43. The van der Waals surface area contributed by atoms with Gasteiger partial charge in [0.2, 0.25) is 0 Å². The maximum atomic E-state index is 12.0. The van der Waals surface area contributed by atoms with Gasteiger partial charge in [-0.1, -0.05) is 13.8 Å². The number of aliphatic hydroxyl groups is 4. The van der Waals surface area contributed by atoms with E-state index < -0.39 is 49.0 Å². The average molecular weight is 346 g/mol. The van der Waals surface area contributed by atoms with E-state index >= 15 is 0 Å². The number of Topliss-reactive ketones (excluding diaryl/α,β-unsaturated/α-hetero) is 1. The van der Waals surface area contributed by atoms with Crippen molar-refractivity contribution in [3.05, 3.63) is 0 Å². The van der Waals surface area contributed by atoms with E-state index in [1.54, 1.807) is 0 Å². The predicted molar refractivity (Wildman–Crippen MR) is 79.9 cm³/mol. The second kappa shape index (κ2) is 5.98. The van der Waals surface area contributed by atoms with Gasteiger partial charge in [-0.3, -0.25) is 4.79 Å². The SMILES string of the molecule is CC1(C)CC(=O)[C@@H]2O[C@]2(C)[C@@H]1CO[C@@H]1O[C@H](CO)[C@@H](O)[C@H](O)[C@H]1O. The van der Waals surface area contributed by atoms with Gasteiger partial charge >= 0.3 is 0 Å². The first-order valence-electron chi connectivity index (χ1n) is 8.24. The molecule has 24 heavy (non-hydrogen) atoms. The third kappa shape index (κ3) is 2.80. The molecule has 0 radical (unpaired) electrons. The van der Waals surface area contributed by atoms with Crippen LogP contribution in [0.4, 0.5) is 0 Å². The molecule has 0 aromatic carbocycles. The van der Waals surface area contributed by atoms with Crippen LogP contribution in [-0.4, -0.2) is 81.8 Å². The monoisotopic (exact) mass is 346 g/mol. The van der Waals surface area contributed by atoms with Gasteiger partial charge in [-0.2, -0.15) is 0 Å². The lowest BCUT2D eigenvalue weighted by Crippen LogP contribution is -2.59. The Morgan fingerprint density at radius 2 is 1.83 bits per heavy atom. The molecule has 8 nitrogen and oxygen atoms in total. The normalized spacial score (nSPS) is 50.5. The fourth-order valence-electron chi connectivity index (χ4n) is 4.10. The van der Waals surface area contributed by atoms with Gasteiger partial charge in [0, 0.05) is 12.3 Å². The molecule has 2 saturated heterocycles. The molecule has 138 valence electrons. The van der Waals surface area contributed by atoms with Crippen LogP contribution in [0.15, 0.2) is 0 Å². The van der Waals surface area contributed by atoms with Gasteiger partial charge < -0.3 is 34.6 Å².